The van der Waals surface area contributed by atoms with E-state index in [1.807, 2.05) is 0 Å². The van der Waals surface area contributed by atoms with E-state index in [0.29, 0.717) is 24.3 Å². The number of nitrogens with zero attached hydrogens (tertiary/aromatic N) is 1. The highest BCUT2D eigenvalue weighted by molar-refractivity contribution is 5.72. The molecule has 6 heteroatoms. The van der Waals surface area contributed by atoms with Gasteiger partial charge in [0.2, 0.25) is 0 Å². The van der Waals surface area contributed by atoms with E-state index in [4.69, 9.17) is 5.73 Å². The standard InChI is InChI=1S/C15H12F4N2/c16-10-2-1-9-5-6-21(14(9)7-10)11-3-4-13(20)12(8-11)15(17,18)19/h1-4,7-8H,5-6,20H2. The Bertz CT molecular complexity index is 695. The molecule has 3 rings (SSSR count). The van der Waals surface area contributed by atoms with Gasteiger partial charge in [0.25, 0.3) is 0 Å². The Kier molecular flexibility index (Phi) is 3.04. The number of nitrogen functional groups attached to an aromatic ring is 1. The molecule has 0 amide bonds. The summed E-state index contributed by atoms with van der Waals surface area (Å²) in [5.74, 6) is -0.410. The second-order valence-corrected chi connectivity index (χ2v) is 4.94. The fraction of sp³-hybridized carbons (Fsp3) is 0.200. The van der Waals surface area contributed by atoms with E-state index < -0.39 is 17.6 Å². The molecule has 110 valence electrons. The molecule has 0 saturated heterocycles. The molecule has 0 fully saturated rings. The van der Waals surface area contributed by atoms with Crippen molar-refractivity contribution in [2.24, 2.45) is 0 Å². The molecule has 2 nitrogen and oxygen atoms in total. The zero-order valence-electron chi connectivity index (χ0n) is 10.9. The van der Waals surface area contributed by atoms with Crippen molar-refractivity contribution in [3.63, 3.8) is 0 Å². The summed E-state index contributed by atoms with van der Waals surface area (Å²) in [5, 5.41) is 0. The molecule has 1 aliphatic heterocycles. The van der Waals surface area contributed by atoms with Crippen LogP contribution in [0, 0.1) is 5.82 Å². The van der Waals surface area contributed by atoms with Gasteiger partial charge in [-0.25, -0.2) is 4.39 Å². The lowest BCUT2D eigenvalue weighted by atomic mass is 10.1. The first-order valence-corrected chi connectivity index (χ1v) is 6.39. The van der Waals surface area contributed by atoms with Crippen molar-refractivity contribution in [1.29, 1.82) is 0 Å². The number of rotatable bonds is 1. The number of fused-ring (bicyclic) bond motifs is 1. The van der Waals surface area contributed by atoms with Crippen LogP contribution in [0.1, 0.15) is 11.1 Å². The van der Waals surface area contributed by atoms with Gasteiger partial charge in [0.15, 0.2) is 0 Å². The van der Waals surface area contributed by atoms with Crippen molar-refractivity contribution in [2.45, 2.75) is 12.6 Å². The smallest absolute Gasteiger partial charge is 0.398 e. The van der Waals surface area contributed by atoms with Crippen LogP contribution in [0.5, 0.6) is 0 Å². The molecule has 0 radical (unpaired) electrons. The highest BCUT2D eigenvalue weighted by Crippen LogP contribution is 2.40. The molecular weight excluding hydrogens is 284 g/mol. The Hall–Kier alpha value is -2.24. The summed E-state index contributed by atoms with van der Waals surface area (Å²) < 4.78 is 52.1. The van der Waals surface area contributed by atoms with Gasteiger partial charge < -0.3 is 10.6 Å². The van der Waals surface area contributed by atoms with E-state index in [-0.39, 0.29) is 5.69 Å². The number of anilines is 3. The molecule has 1 aliphatic rings. The van der Waals surface area contributed by atoms with Crippen LogP contribution in [0.25, 0.3) is 0 Å². The maximum atomic E-state index is 13.4. The van der Waals surface area contributed by atoms with E-state index >= 15 is 0 Å². The van der Waals surface area contributed by atoms with E-state index in [1.54, 1.807) is 11.0 Å². The van der Waals surface area contributed by atoms with Gasteiger partial charge in [-0.15, -0.1) is 0 Å². The zero-order chi connectivity index (χ0) is 15.2. The molecule has 0 aromatic heterocycles. The monoisotopic (exact) mass is 296 g/mol. The van der Waals surface area contributed by atoms with Gasteiger partial charge >= 0.3 is 6.18 Å². The van der Waals surface area contributed by atoms with Gasteiger partial charge in [-0.3, -0.25) is 0 Å². The number of benzene rings is 2. The number of nitrogens with two attached hydrogens (primary N) is 1. The summed E-state index contributed by atoms with van der Waals surface area (Å²) in [6, 6.07) is 8.11. The lowest BCUT2D eigenvalue weighted by Crippen LogP contribution is -2.16. The first-order chi connectivity index (χ1) is 9.86. The van der Waals surface area contributed by atoms with Gasteiger partial charge in [0, 0.05) is 23.6 Å². The van der Waals surface area contributed by atoms with Crippen molar-refractivity contribution in [1.82, 2.24) is 0 Å². The fourth-order valence-corrected chi connectivity index (χ4v) is 2.58. The Balaban J connectivity index is 2.06. The SMILES string of the molecule is Nc1ccc(N2CCc3ccc(F)cc32)cc1C(F)(F)F. The highest BCUT2D eigenvalue weighted by Gasteiger charge is 2.34. The topological polar surface area (TPSA) is 29.3 Å². The molecule has 2 aromatic rings. The second kappa shape index (κ2) is 4.65. The van der Waals surface area contributed by atoms with Gasteiger partial charge in [0.05, 0.1) is 5.56 Å². The number of hydrogen-bond donors (Lipinski definition) is 1. The molecular formula is C15H12F4N2. The molecule has 2 N–H and O–H groups in total. The first-order valence-electron chi connectivity index (χ1n) is 6.39. The van der Waals surface area contributed by atoms with Crippen LogP contribution < -0.4 is 10.6 Å². The average molecular weight is 296 g/mol. The molecule has 2 aromatic carbocycles. The van der Waals surface area contributed by atoms with Crippen molar-refractivity contribution in [3.05, 3.63) is 53.3 Å². The van der Waals surface area contributed by atoms with Crippen LogP contribution in [-0.4, -0.2) is 6.54 Å². The van der Waals surface area contributed by atoms with Crippen LogP contribution in [0.4, 0.5) is 34.6 Å². The largest absolute Gasteiger partial charge is 0.418 e. The Morgan fingerprint density at radius 3 is 2.52 bits per heavy atom. The van der Waals surface area contributed by atoms with Crippen molar-refractivity contribution in [2.75, 3.05) is 17.2 Å². The van der Waals surface area contributed by atoms with Crippen molar-refractivity contribution < 1.29 is 17.6 Å². The predicted molar refractivity (Wildman–Crippen MR) is 73.0 cm³/mol. The molecule has 0 atom stereocenters. The first kappa shape index (κ1) is 13.7. The molecule has 1 heterocycles. The molecule has 0 saturated carbocycles. The second-order valence-electron chi connectivity index (χ2n) is 4.94. The molecule has 0 bridgehead atoms. The summed E-state index contributed by atoms with van der Waals surface area (Å²) in [6.45, 7) is 0.514. The molecule has 0 spiro atoms. The van der Waals surface area contributed by atoms with E-state index in [2.05, 4.69) is 0 Å². The number of hydrogen-bond acceptors (Lipinski definition) is 2. The third-order valence-corrected chi connectivity index (χ3v) is 3.60. The molecule has 0 unspecified atom stereocenters. The van der Waals surface area contributed by atoms with Crippen LogP contribution in [-0.2, 0) is 12.6 Å². The third kappa shape index (κ3) is 2.41. The van der Waals surface area contributed by atoms with Crippen LogP contribution in [0.15, 0.2) is 36.4 Å². The quantitative estimate of drug-likeness (QED) is 0.633. The maximum absolute atomic E-state index is 13.4. The number of alkyl halides is 3. The third-order valence-electron chi connectivity index (χ3n) is 3.60. The Labute approximate surface area is 118 Å². The summed E-state index contributed by atoms with van der Waals surface area (Å²) in [6.07, 6.45) is -3.84. The summed E-state index contributed by atoms with van der Waals surface area (Å²) >= 11 is 0. The van der Waals surface area contributed by atoms with E-state index in [9.17, 15) is 17.6 Å². The van der Waals surface area contributed by atoms with Crippen molar-refractivity contribution >= 4 is 17.1 Å². The highest BCUT2D eigenvalue weighted by atomic mass is 19.4. The normalized spacial score (nSPS) is 14.4. The fourth-order valence-electron chi connectivity index (χ4n) is 2.58. The minimum Gasteiger partial charge on any atom is -0.398 e. The lowest BCUT2D eigenvalue weighted by Gasteiger charge is -2.21. The minimum atomic E-state index is -4.51. The summed E-state index contributed by atoms with van der Waals surface area (Å²) in [5.41, 5.74) is 6.09. The maximum Gasteiger partial charge on any atom is 0.418 e. The van der Waals surface area contributed by atoms with Gasteiger partial charge in [-0.1, -0.05) is 6.07 Å². The minimum absolute atomic E-state index is 0.315. The zero-order valence-corrected chi connectivity index (χ0v) is 10.9. The van der Waals surface area contributed by atoms with Crippen LogP contribution in [0.3, 0.4) is 0 Å². The predicted octanol–water partition coefficient (Wildman–Crippen LogP) is 4.12. The van der Waals surface area contributed by atoms with E-state index in [0.717, 1.165) is 11.6 Å². The van der Waals surface area contributed by atoms with Crippen LogP contribution in [0.2, 0.25) is 0 Å². The Morgan fingerprint density at radius 2 is 1.81 bits per heavy atom. The molecule has 21 heavy (non-hydrogen) atoms. The number of halogens is 4. The van der Waals surface area contributed by atoms with E-state index in [1.165, 1.54) is 24.3 Å². The van der Waals surface area contributed by atoms with Gasteiger partial charge in [-0.2, -0.15) is 13.2 Å². The molecule has 0 aliphatic carbocycles. The summed E-state index contributed by atoms with van der Waals surface area (Å²) in [7, 11) is 0. The lowest BCUT2D eigenvalue weighted by molar-refractivity contribution is -0.136. The average Bonchev–Trinajstić information content (AvgIpc) is 2.81. The van der Waals surface area contributed by atoms with Crippen LogP contribution >= 0.6 is 0 Å². The van der Waals surface area contributed by atoms with Gasteiger partial charge in [-0.05, 0) is 42.3 Å². The Morgan fingerprint density at radius 1 is 1.05 bits per heavy atom. The van der Waals surface area contributed by atoms with Crippen molar-refractivity contribution in [3.8, 4) is 0 Å². The van der Waals surface area contributed by atoms with Gasteiger partial charge in [0.1, 0.15) is 5.82 Å². The summed E-state index contributed by atoms with van der Waals surface area (Å²) in [4.78, 5) is 1.67.